The Kier molecular flexibility index (Phi) is 5.26. The van der Waals surface area contributed by atoms with E-state index in [9.17, 15) is 9.59 Å². The highest BCUT2D eigenvalue weighted by Crippen LogP contribution is 2.37. The lowest BCUT2D eigenvalue weighted by molar-refractivity contribution is -0.131. The Bertz CT molecular complexity index is 1090. The first-order valence-corrected chi connectivity index (χ1v) is 9.60. The fraction of sp³-hybridized carbons (Fsp3) is 0.0952. The van der Waals surface area contributed by atoms with Gasteiger partial charge in [-0.1, -0.05) is 24.3 Å². The van der Waals surface area contributed by atoms with Gasteiger partial charge in [-0.2, -0.15) is 0 Å². The Morgan fingerprint density at radius 3 is 2.62 bits per heavy atom. The summed E-state index contributed by atoms with van der Waals surface area (Å²) in [5.41, 5.74) is 3.71. The van der Waals surface area contributed by atoms with Gasteiger partial charge in [0, 0.05) is 35.2 Å². The molecule has 4 rings (SSSR count). The van der Waals surface area contributed by atoms with Crippen molar-refractivity contribution in [3.05, 3.63) is 65.6 Å². The molecule has 0 radical (unpaired) electrons. The Labute approximate surface area is 170 Å². The summed E-state index contributed by atoms with van der Waals surface area (Å²) in [7, 11) is 0. The summed E-state index contributed by atoms with van der Waals surface area (Å²) in [6, 6.07) is 13.4. The topological polar surface area (TPSA) is 97.8 Å². The van der Waals surface area contributed by atoms with Gasteiger partial charge >= 0.3 is 5.97 Å². The highest BCUT2D eigenvalue weighted by atomic mass is 32.1. The number of fused-ring (bicyclic) bond motifs is 1. The molecule has 2 aromatic carbocycles. The van der Waals surface area contributed by atoms with E-state index in [1.165, 1.54) is 0 Å². The lowest BCUT2D eigenvalue weighted by Gasteiger charge is -2.04. The number of aromatic nitrogens is 1. The van der Waals surface area contributed by atoms with Crippen molar-refractivity contribution in [2.75, 3.05) is 6.79 Å². The van der Waals surface area contributed by atoms with Crippen LogP contribution in [0.15, 0.2) is 60.0 Å². The van der Waals surface area contributed by atoms with Crippen LogP contribution < -0.4 is 14.8 Å². The van der Waals surface area contributed by atoms with E-state index in [0.717, 1.165) is 51.0 Å². The van der Waals surface area contributed by atoms with Crippen molar-refractivity contribution in [2.45, 2.75) is 6.54 Å². The number of hydrogen-bond donors (Lipinski definition) is 2. The summed E-state index contributed by atoms with van der Waals surface area (Å²) >= 11 is 1.55. The highest BCUT2D eigenvalue weighted by molar-refractivity contribution is 7.13. The Morgan fingerprint density at radius 1 is 1.07 bits per heavy atom. The first-order chi connectivity index (χ1) is 14.1. The Morgan fingerprint density at radius 2 is 1.83 bits per heavy atom. The van der Waals surface area contributed by atoms with Crippen LogP contribution in [-0.4, -0.2) is 28.8 Å². The molecule has 1 amide bonds. The molecule has 1 aliphatic rings. The minimum Gasteiger partial charge on any atom is -0.478 e. The molecule has 0 saturated carbocycles. The van der Waals surface area contributed by atoms with E-state index in [-0.39, 0.29) is 6.79 Å². The van der Waals surface area contributed by atoms with Crippen molar-refractivity contribution in [1.82, 2.24) is 10.3 Å². The predicted octanol–water partition coefficient (Wildman–Crippen LogP) is 3.46. The average Bonchev–Trinajstić information content (AvgIpc) is 3.40. The number of nitrogens with one attached hydrogen (secondary N) is 1. The molecular formula is C21H16N2O5S. The largest absolute Gasteiger partial charge is 0.478 e. The number of hydrogen-bond acceptors (Lipinski definition) is 6. The molecule has 0 saturated heterocycles. The molecule has 1 aromatic heterocycles. The van der Waals surface area contributed by atoms with E-state index in [1.54, 1.807) is 11.3 Å². The van der Waals surface area contributed by atoms with Crippen molar-refractivity contribution >= 4 is 23.2 Å². The zero-order valence-electron chi connectivity index (χ0n) is 15.1. The monoisotopic (exact) mass is 408 g/mol. The van der Waals surface area contributed by atoms with E-state index in [0.29, 0.717) is 6.54 Å². The van der Waals surface area contributed by atoms with Gasteiger partial charge in [-0.3, -0.25) is 4.79 Å². The van der Waals surface area contributed by atoms with Gasteiger partial charge in [-0.05, 0) is 23.8 Å². The minimum absolute atomic E-state index is 0.240. The number of thiazole rings is 1. The van der Waals surface area contributed by atoms with E-state index in [4.69, 9.17) is 19.6 Å². The molecular weight excluding hydrogens is 392 g/mol. The van der Waals surface area contributed by atoms with Crippen LogP contribution in [0.5, 0.6) is 11.5 Å². The van der Waals surface area contributed by atoms with Gasteiger partial charge in [-0.25, -0.2) is 9.78 Å². The number of nitrogens with zero attached hydrogens (tertiary/aromatic N) is 1. The van der Waals surface area contributed by atoms with Gasteiger partial charge < -0.3 is 19.9 Å². The van der Waals surface area contributed by atoms with Crippen LogP contribution in [0.25, 0.3) is 21.8 Å². The molecule has 2 heterocycles. The molecule has 0 unspecified atom stereocenters. The summed E-state index contributed by atoms with van der Waals surface area (Å²) in [6.07, 6.45) is 1.79. The van der Waals surface area contributed by atoms with E-state index < -0.39 is 11.9 Å². The van der Waals surface area contributed by atoms with Crippen molar-refractivity contribution in [3.8, 4) is 33.3 Å². The van der Waals surface area contributed by atoms with Gasteiger partial charge in [0.15, 0.2) is 11.5 Å². The standard InChI is InChI=1S/C21H16N2O5S/c24-19(7-8-20(25)26)22-10-13-1-3-14(4-2-13)21-23-16(11-29-21)15-5-6-17-18(9-15)28-12-27-17/h1-9,11H,10,12H2,(H,22,24)(H,25,26)/b8-7+. The number of carbonyl (C=O) groups excluding carboxylic acids is 1. The van der Waals surface area contributed by atoms with E-state index in [1.807, 2.05) is 47.8 Å². The van der Waals surface area contributed by atoms with E-state index in [2.05, 4.69) is 5.32 Å². The summed E-state index contributed by atoms with van der Waals surface area (Å²) < 4.78 is 10.8. The fourth-order valence-electron chi connectivity index (χ4n) is 2.76. The zero-order chi connectivity index (χ0) is 20.2. The number of amides is 1. The van der Waals surface area contributed by atoms with Crippen LogP contribution in [0.4, 0.5) is 0 Å². The molecule has 0 atom stereocenters. The third kappa shape index (κ3) is 4.44. The maximum atomic E-state index is 11.5. The normalized spacial score (nSPS) is 12.3. The molecule has 2 N–H and O–H groups in total. The number of benzene rings is 2. The number of carbonyl (C=O) groups is 2. The predicted molar refractivity (Wildman–Crippen MR) is 108 cm³/mol. The average molecular weight is 408 g/mol. The quantitative estimate of drug-likeness (QED) is 0.606. The van der Waals surface area contributed by atoms with Crippen LogP contribution in [-0.2, 0) is 16.1 Å². The number of aliphatic carboxylic acids is 1. The van der Waals surface area contributed by atoms with Gasteiger partial charge in [0.05, 0.1) is 5.69 Å². The smallest absolute Gasteiger partial charge is 0.328 e. The molecule has 0 aliphatic carbocycles. The highest BCUT2D eigenvalue weighted by Gasteiger charge is 2.15. The maximum Gasteiger partial charge on any atom is 0.328 e. The number of rotatable bonds is 6. The van der Waals surface area contributed by atoms with Gasteiger partial charge in [-0.15, -0.1) is 11.3 Å². The van der Waals surface area contributed by atoms with Crippen molar-refractivity contribution in [1.29, 1.82) is 0 Å². The third-order valence-electron chi connectivity index (χ3n) is 4.22. The fourth-order valence-corrected chi connectivity index (χ4v) is 3.59. The molecule has 29 heavy (non-hydrogen) atoms. The number of ether oxygens (including phenoxy) is 2. The van der Waals surface area contributed by atoms with E-state index >= 15 is 0 Å². The molecule has 8 heteroatoms. The SMILES string of the molecule is O=C(O)/C=C/C(=O)NCc1ccc(-c2nc(-c3ccc4c(c3)OCO4)cs2)cc1. The van der Waals surface area contributed by atoms with Crippen LogP contribution in [0, 0.1) is 0 Å². The Hall–Kier alpha value is -3.65. The third-order valence-corrected chi connectivity index (χ3v) is 5.11. The molecule has 7 nitrogen and oxygen atoms in total. The van der Waals surface area contributed by atoms with Gasteiger partial charge in [0.2, 0.25) is 12.7 Å². The second-order valence-corrected chi connectivity index (χ2v) is 7.05. The molecule has 0 bridgehead atoms. The van der Waals surface area contributed by atoms with Gasteiger partial charge in [0.1, 0.15) is 5.01 Å². The Balaban J connectivity index is 1.42. The second kappa shape index (κ2) is 8.15. The first-order valence-electron chi connectivity index (χ1n) is 8.72. The number of carboxylic acid groups (broad SMARTS) is 1. The van der Waals surface area contributed by atoms with Crippen LogP contribution >= 0.6 is 11.3 Å². The van der Waals surface area contributed by atoms with Crippen LogP contribution in [0.2, 0.25) is 0 Å². The minimum atomic E-state index is -1.16. The van der Waals surface area contributed by atoms with Crippen molar-refractivity contribution < 1.29 is 24.2 Å². The maximum absolute atomic E-state index is 11.5. The summed E-state index contributed by atoms with van der Waals surface area (Å²) in [4.78, 5) is 26.6. The summed E-state index contributed by atoms with van der Waals surface area (Å²) in [5.74, 6) is -0.148. The number of carboxylic acids is 1. The molecule has 146 valence electrons. The lowest BCUT2D eigenvalue weighted by atomic mass is 10.1. The summed E-state index contributed by atoms with van der Waals surface area (Å²) in [5, 5.41) is 14.0. The van der Waals surface area contributed by atoms with Crippen LogP contribution in [0.3, 0.4) is 0 Å². The van der Waals surface area contributed by atoms with Crippen molar-refractivity contribution in [3.63, 3.8) is 0 Å². The lowest BCUT2D eigenvalue weighted by Crippen LogP contribution is -2.20. The molecule has 3 aromatic rings. The van der Waals surface area contributed by atoms with Gasteiger partial charge in [0.25, 0.3) is 0 Å². The van der Waals surface area contributed by atoms with Crippen molar-refractivity contribution in [2.24, 2.45) is 0 Å². The van der Waals surface area contributed by atoms with Crippen LogP contribution in [0.1, 0.15) is 5.56 Å². The zero-order valence-corrected chi connectivity index (χ0v) is 15.9. The molecule has 0 spiro atoms. The molecule has 1 aliphatic heterocycles. The first kappa shape index (κ1) is 18.7. The second-order valence-electron chi connectivity index (χ2n) is 6.19. The summed E-state index contributed by atoms with van der Waals surface area (Å²) in [6.45, 7) is 0.549. The molecule has 0 fully saturated rings.